The van der Waals surface area contributed by atoms with Crippen LogP contribution in [0.1, 0.15) is 77.6 Å². The van der Waals surface area contributed by atoms with Gasteiger partial charge in [-0.05, 0) is 38.5 Å². The quantitative estimate of drug-likeness (QED) is 0.648. The van der Waals surface area contributed by atoms with Crippen LogP contribution < -0.4 is 10.6 Å². The Bertz CT molecular complexity index is 475. The molecular weight excluding hydrogens is 330 g/mol. The van der Waals surface area contributed by atoms with E-state index in [-0.39, 0.29) is 23.6 Å². The molecule has 0 radical (unpaired) electrons. The SMILES string of the molecule is CC(=O)NCCCCCC(=O)N1CCCC(C(=O)NC2CCCCC2)C1. The molecule has 0 aromatic heterocycles. The summed E-state index contributed by atoms with van der Waals surface area (Å²) in [6.45, 7) is 3.54. The van der Waals surface area contributed by atoms with Crippen LogP contribution in [0.3, 0.4) is 0 Å². The topological polar surface area (TPSA) is 78.5 Å². The van der Waals surface area contributed by atoms with Gasteiger partial charge in [0.25, 0.3) is 0 Å². The lowest BCUT2D eigenvalue weighted by molar-refractivity contribution is -0.136. The summed E-state index contributed by atoms with van der Waals surface area (Å²) in [6, 6.07) is 0.339. The predicted octanol–water partition coefficient (Wildman–Crippen LogP) is 2.37. The highest BCUT2D eigenvalue weighted by Crippen LogP contribution is 2.21. The van der Waals surface area contributed by atoms with Gasteiger partial charge in [-0.25, -0.2) is 0 Å². The van der Waals surface area contributed by atoms with E-state index < -0.39 is 0 Å². The normalized spacial score (nSPS) is 21.3. The van der Waals surface area contributed by atoms with E-state index in [0.717, 1.165) is 51.5 Å². The third-order valence-electron chi connectivity index (χ3n) is 5.54. The number of unbranched alkanes of at least 4 members (excludes halogenated alkanes) is 2. The average molecular weight is 366 g/mol. The van der Waals surface area contributed by atoms with Crippen molar-refractivity contribution in [3.63, 3.8) is 0 Å². The van der Waals surface area contributed by atoms with E-state index in [0.29, 0.717) is 25.6 Å². The molecule has 6 heteroatoms. The van der Waals surface area contributed by atoms with E-state index in [1.807, 2.05) is 4.90 Å². The smallest absolute Gasteiger partial charge is 0.225 e. The number of piperidine rings is 1. The first-order valence-electron chi connectivity index (χ1n) is 10.4. The number of likely N-dealkylation sites (tertiary alicyclic amines) is 1. The van der Waals surface area contributed by atoms with Gasteiger partial charge in [0.2, 0.25) is 17.7 Å². The number of hydrogen-bond donors (Lipinski definition) is 2. The molecule has 3 amide bonds. The fourth-order valence-corrected chi connectivity index (χ4v) is 3.98. The third kappa shape index (κ3) is 7.34. The zero-order chi connectivity index (χ0) is 18.8. The highest BCUT2D eigenvalue weighted by Gasteiger charge is 2.29. The van der Waals surface area contributed by atoms with Gasteiger partial charge in [0.1, 0.15) is 0 Å². The molecule has 1 aliphatic heterocycles. The van der Waals surface area contributed by atoms with Crippen molar-refractivity contribution >= 4 is 17.7 Å². The molecule has 0 aromatic rings. The monoisotopic (exact) mass is 365 g/mol. The molecule has 0 aromatic carbocycles. The van der Waals surface area contributed by atoms with Gasteiger partial charge < -0.3 is 15.5 Å². The van der Waals surface area contributed by atoms with Gasteiger partial charge in [0.15, 0.2) is 0 Å². The number of amides is 3. The van der Waals surface area contributed by atoms with Crippen LogP contribution in [-0.2, 0) is 14.4 Å². The van der Waals surface area contributed by atoms with Crippen LogP contribution in [0.25, 0.3) is 0 Å². The van der Waals surface area contributed by atoms with Crippen LogP contribution in [0.2, 0.25) is 0 Å². The molecule has 2 N–H and O–H groups in total. The molecule has 2 aliphatic rings. The minimum Gasteiger partial charge on any atom is -0.356 e. The van der Waals surface area contributed by atoms with Crippen LogP contribution >= 0.6 is 0 Å². The van der Waals surface area contributed by atoms with E-state index in [4.69, 9.17) is 0 Å². The molecule has 1 unspecified atom stereocenters. The lowest BCUT2D eigenvalue weighted by Crippen LogP contribution is -2.47. The summed E-state index contributed by atoms with van der Waals surface area (Å²) in [7, 11) is 0. The Morgan fingerprint density at radius 1 is 0.962 bits per heavy atom. The molecule has 1 atom stereocenters. The van der Waals surface area contributed by atoms with Gasteiger partial charge in [0, 0.05) is 39.0 Å². The summed E-state index contributed by atoms with van der Waals surface area (Å²) >= 11 is 0. The second-order valence-electron chi connectivity index (χ2n) is 7.82. The van der Waals surface area contributed by atoms with Gasteiger partial charge in [-0.2, -0.15) is 0 Å². The van der Waals surface area contributed by atoms with Crippen LogP contribution in [0, 0.1) is 5.92 Å². The Morgan fingerprint density at radius 3 is 2.46 bits per heavy atom. The summed E-state index contributed by atoms with van der Waals surface area (Å²) < 4.78 is 0. The summed E-state index contributed by atoms with van der Waals surface area (Å²) in [5, 5.41) is 5.98. The highest BCUT2D eigenvalue weighted by atomic mass is 16.2. The Kier molecular flexibility index (Phi) is 8.92. The first-order chi connectivity index (χ1) is 12.6. The van der Waals surface area contributed by atoms with Crippen LogP contribution in [0.5, 0.6) is 0 Å². The Morgan fingerprint density at radius 2 is 1.73 bits per heavy atom. The fraction of sp³-hybridized carbons (Fsp3) is 0.850. The Labute approximate surface area is 157 Å². The Hall–Kier alpha value is -1.59. The number of carbonyl (C=O) groups is 3. The largest absolute Gasteiger partial charge is 0.356 e. The van der Waals surface area contributed by atoms with Crippen molar-refractivity contribution in [2.75, 3.05) is 19.6 Å². The second kappa shape index (κ2) is 11.2. The average Bonchev–Trinajstić information content (AvgIpc) is 2.65. The van der Waals surface area contributed by atoms with E-state index in [9.17, 15) is 14.4 Å². The molecule has 1 heterocycles. The van der Waals surface area contributed by atoms with Crippen LogP contribution in [0.15, 0.2) is 0 Å². The van der Waals surface area contributed by atoms with E-state index in [1.54, 1.807) is 0 Å². The first-order valence-corrected chi connectivity index (χ1v) is 10.4. The van der Waals surface area contributed by atoms with E-state index in [1.165, 1.54) is 26.2 Å². The molecule has 26 heavy (non-hydrogen) atoms. The fourth-order valence-electron chi connectivity index (χ4n) is 3.98. The zero-order valence-corrected chi connectivity index (χ0v) is 16.2. The summed E-state index contributed by atoms with van der Waals surface area (Å²) in [6.07, 6.45) is 10.9. The van der Waals surface area contributed by atoms with Gasteiger partial charge in [-0.3, -0.25) is 14.4 Å². The van der Waals surface area contributed by atoms with Gasteiger partial charge in [0.05, 0.1) is 5.92 Å². The number of rotatable bonds is 8. The van der Waals surface area contributed by atoms with Crippen LogP contribution in [0.4, 0.5) is 0 Å². The molecule has 0 spiro atoms. The summed E-state index contributed by atoms with van der Waals surface area (Å²) in [4.78, 5) is 37.6. The summed E-state index contributed by atoms with van der Waals surface area (Å²) in [5.74, 6) is 0.255. The molecule has 148 valence electrons. The molecule has 1 saturated carbocycles. The van der Waals surface area contributed by atoms with Crippen molar-refractivity contribution in [2.45, 2.75) is 83.6 Å². The molecule has 1 aliphatic carbocycles. The van der Waals surface area contributed by atoms with Crippen molar-refractivity contribution in [3.05, 3.63) is 0 Å². The second-order valence-corrected chi connectivity index (χ2v) is 7.82. The van der Waals surface area contributed by atoms with E-state index >= 15 is 0 Å². The number of hydrogen-bond acceptors (Lipinski definition) is 3. The number of nitrogens with one attached hydrogen (secondary N) is 2. The standard InChI is InChI=1S/C20H35N3O3/c1-16(24)21-13-7-3-6-12-19(25)23-14-8-9-17(15-23)20(26)22-18-10-4-2-5-11-18/h17-18H,2-15H2,1H3,(H,21,24)(H,22,26). The maximum atomic E-state index is 12.5. The lowest BCUT2D eigenvalue weighted by atomic mass is 9.93. The maximum Gasteiger partial charge on any atom is 0.225 e. The maximum absolute atomic E-state index is 12.5. The minimum absolute atomic E-state index is 0.00746. The minimum atomic E-state index is -0.0469. The third-order valence-corrected chi connectivity index (χ3v) is 5.54. The van der Waals surface area contributed by atoms with Gasteiger partial charge >= 0.3 is 0 Å². The Balaban J connectivity index is 1.65. The number of nitrogens with zero attached hydrogens (tertiary/aromatic N) is 1. The van der Waals surface area contributed by atoms with Crippen molar-refractivity contribution in [1.82, 2.24) is 15.5 Å². The molecule has 6 nitrogen and oxygen atoms in total. The van der Waals surface area contributed by atoms with Gasteiger partial charge in [-0.1, -0.05) is 25.7 Å². The molecule has 2 fully saturated rings. The van der Waals surface area contributed by atoms with Gasteiger partial charge in [-0.15, -0.1) is 0 Å². The van der Waals surface area contributed by atoms with Crippen molar-refractivity contribution in [1.29, 1.82) is 0 Å². The summed E-state index contributed by atoms with van der Waals surface area (Å²) in [5.41, 5.74) is 0. The van der Waals surface area contributed by atoms with E-state index in [2.05, 4.69) is 10.6 Å². The molecule has 1 saturated heterocycles. The first kappa shape index (κ1) is 20.7. The highest BCUT2D eigenvalue weighted by molar-refractivity contribution is 5.81. The lowest BCUT2D eigenvalue weighted by Gasteiger charge is -2.33. The van der Waals surface area contributed by atoms with Crippen molar-refractivity contribution in [2.24, 2.45) is 5.92 Å². The molecule has 2 rings (SSSR count). The predicted molar refractivity (Wildman–Crippen MR) is 101 cm³/mol. The number of carbonyl (C=O) groups excluding carboxylic acids is 3. The van der Waals surface area contributed by atoms with Crippen molar-refractivity contribution < 1.29 is 14.4 Å². The van der Waals surface area contributed by atoms with Crippen molar-refractivity contribution in [3.8, 4) is 0 Å². The molecule has 0 bridgehead atoms. The van der Waals surface area contributed by atoms with Crippen LogP contribution in [-0.4, -0.2) is 48.3 Å². The zero-order valence-electron chi connectivity index (χ0n) is 16.2. The molecular formula is C20H35N3O3.